The molecule has 1 fully saturated rings. The van der Waals surface area contributed by atoms with E-state index in [9.17, 15) is 12.8 Å². The van der Waals surface area contributed by atoms with Gasteiger partial charge in [-0.05, 0) is 26.0 Å². The Morgan fingerprint density at radius 1 is 1.29 bits per heavy atom. The van der Waals surface area contributed by atoms with Gasteiger partial charge in [0.15, 0.2) is 27.4 Å². The molecule has 1 aliphatic heterocycles. The van der Waals surface area contributed by atoms with Crippen molar-refractivity contribution in [2.75, 3.05) is 50.8 Å². The molecule has 10 heteroatoms. The Bertz CT molecular complexity index is 719. The molecule has 1 aliphatic rings. The van der Waals surface area contributed by atoms with E-state index in [0.717, 1.165) is 13.1 Å². The van der Waals surface area contributed by atoms with Crippen LogP contribution in [0.4, 0.5) is 4.39 Å². The summed E-state index contributed by atoms with van der Waals surface area (Å²) in [4.78, 5) is 6.60. The Labute approximate surface area is 184 Å². The molecule has 2 N–H and O–H groups in total. The third-order valence-electron chi connectivity index (χ3n) is 4.17. The van der Waals surface area contributed by atoms with Gasteiger partial charge in [-0.2, -0.15) is 0 Å². The zero-order valence-corrected chi connectivity index (χ0v) is 19.5. The molecule has 0 saturated carbocycles. The van der Waals surface area contributed by atoms with Crippen LogP contribution in [0, 0.1) is 5.82 Å². The molecular weight excluding hydrogens is 498 g/mol. The fourth-order valence-electron chi connectivity index (χ4n) is 2.66. The first kappa shape index (κ1) is 24.9. The molecule has 1 saturated heterocycles. The molecule has 2 rings (SSSR count). The van der Waals surface area contributed by atoms with E-state index in [1.807, 2.05) is 13.8 Å². The lowest BCUT2D eigenvalue weighted by Crippen LogP contribution is -2.46. The molecule has 1 heterocycles. The molecule has 0 spiro atoms. The van der Waals surface area contributed by atoms with Gasteiger partial charge in [0.25, 0.3) is 0 Å². The number of hydrogen-bond donors (Lipinski definition) is 2. The Kier molecular flexibility index (Phi) is 11.1. The lowest BCUT2D eigenvalue weighted by atomic mass is 10.3. The topological polar surface area (TPSA) is 83.0 Å². The van der Waals surface area contributed by atoms with Crippen LogP contribution in [0.2, 0.25) is 0 Å². The van der Waals surface area contributed by atoms with Gasteiger partial charge < -0.3 is 15.4 Å². The number of benzene rings is 1. The second-order valence-electron chi connectivity index (χ2n) is 6.50. The number of para-hydroxylation sites is 1. The lowest BCUT2D eigenvalue weighted by molar-refractivity contribution is 0.220. The Balaban J connectivity index is 0.00000392. The predicted molar refractivity (Wildman–Crippen MR) is 121 cm³/mol. The molecule has 160 valence electrons. The van der Waals surface area contributed by atoms with E-state index in [-0.39, 0.29) is 53.2 Å². The molecule has 28 heavy (non-hydrogen) atoms. The molecule has 7 nitrogen and oxygen atoms in total. The highest BCUT2D eigenvalue weighted by Gasteiger charge is 2.20. The first-order chi connectivity index (χ1) is 12.9. The van der Waals surface area contributed by atoms with Gasteiger partial charge in [0.2, 0.25) is 0 Å². The van der Waals surface area contributed by atoms with Crippen molar-refractivity contribution in [3.05, 3.63) is 30.1 Å². The summed E-state index contributed by atoms with van der Waals surface area (Å²) in [6, 6.07) is 6.31. The van der Waals surface area contributed by atoms with E-state index in [1.54, 1.807) is 18.2 Å². The number of ether oxygens (including phenoxy) is 1. The average Bonchev–Trinajstić information content (AvgIpc) is 2.63. The Hall–Kier alpha value is -1.14. The lowest BCUT2D eigenvalue weighted by Gasteiger charge is -2.26. The SMILES string of the molecule is CCNC(=NCC(C)Oc1ccccc1F)NCCN1CCS(=O)(=O)CC1.I. The van der Waals surface area contributed by atoms with Crippen molar-refractivity contribution in [2.24, 2.45) is 4.99 Å². The molecule has 0 aromatic heterocycles. The monoisotopic (exact) mass is 528 g/mol. The van der Waals surface area contributed by atoms with Gasteiger partial charge in [-0.25, -0.2) is 17.8 Å². The molecule has 1 unspecified atom stereocenters. The number of aliphatic imine (C=N–C) groups is 1. The second kappa shape index (κ2) is 12.4. The summed E-state index contributed by atoms with van der Waals surface area (Å²) in [6.45, 7) is 7.48. The van der Waals surface area contributed by atoms with Crippen LogP contribution >= 0.6 is 24.0 Å². The minimum absolute atomic E-state index is 0. The summed E-state index contributed by atoms with van der Waals surface area (Å²) in [7, 11) is -2.85. The number of rotatable bonds is 8. The maximum Gasteiger partial charge on any atom is 0.191 e. The van der Waals surface area contributed by atoms with Gasteiger partial charge in [0.1, 0.15) is 6.10 Å². The highest BCUT2D eigenvalue weighted by Crippen LogP contribution is 2.16. The van der Waals surface area contributed by atoms with Crippen molar-refractivity contribution in [1.29, 1.82) is 0 Å². The van der Waals surface area contributed by atoms with Crippen LogP contribution < -0.4 is 15.4 Å². The fraction of sp³-hybridized carbons (Fsp3) is 0.611. The first-order valence-electron chi connectivity index (χ1n) is 9.26. The zero-order valence-electron chi connectivity index (χ0n) is 16.4. The number of nitrogens with zero attached hydrogens (tertiary/aromatic N) is 2. The summed E-state index contributed by atoms with van der Waals surface area (Å²) in [5.41, 5.74) is 0. The van der Waals surface area contributed by atoms with Crippen LogP contribution in [-0.4, -0.2) is 76.2 Å². The van der Waals surface area contributed by atoms with E-state index in [0.29, 0.717) is 32.1 Å². The third kappa shape index (κ3) is 8.91. The number of guanidine groups is 1. The van der Waals surface area contributed by atoms with Crippen LogP contribution in [0.15, 0.2) is 29.3 Å². The van der Waals surface area contributed by atoms with Crippen LogP contribution in [0.25, 0.3) is 0 Å². The third-order valence-corrected chi connectivity index (χ3v) is 5.78. The molecule has 0 bridgehead atoms. The average molecular weight is 528 g/mol. The minimum Gasteiger partial charge on any atom is -0.486 e. The minimum atomic E-state index is -2.85. The molecule has 0 aliphatic carbocycles. The Morgan fingerprint density at radius 3 is 2.61 bits per heavy atom. The highest BCUT2D eigenvalue weighted by molar-refractivity contribution is 14.0. The van der Waals surface area contributed by atoms with Gasteiger partial charge >= 0.3 is 0 Å². The van der Waals surface area contributed by atoms with Gasteiger partial charge in [0, 0.05) is 32.7 Å². The van der Waals surface area contributed by atoms with Gasteiger partial charge in [-0.15, -0.1) is 24.0 Å². The van der Waals surface area contributed by atoms with E-state index >= 15 is 0 Å². The zero-order chi connectivity index (χ0) is 19.7. The van der Waals surface area contributed by atoms with Gasteiger partial charge in [-0.1, -0.05) is 12.1 Å². The largest absolute Gasteiger partial charge is 0.486 e. The quantitative estimate of drug-likeness (QED) is 0.303. The van der Waals surface area contributed by atoms with Crippen LogP contribution in [0.5, 0.6) is 5.75 Å². The summed E-state index contributed by atoms with van der Waals surface area (Å²) >= 11 is 0. The van der Waals surface area contributed by atoms with Crippen molar-refractivity contribution >= 4 is 39.8 Å². The highest BCUT2D eigenvalue weighted by atomic mass is 127. The summed E-state index contributed by atoms with van der Waals surface area (Å²) < 4.78 is 42.1. The van der Waals surface area contributed by atoms with Crippen molar-refractivity contribution in [2.45, 2.75) is 20.0 Å². The molecule has 1 aromatic rings. The van der Waals surface area contributed by atoms with Crippen LogP contribution in [0.1, 0.15) is 13.8 Å². The Morgan fingerprint density at radius 2 is 1.96 bits per heavy atom. The number of nitrogens with one attached hydrogen (secondary N) is 2. The van der Waals surface area contributed by atoms with Crippen LogP contribution in [-0.2, 0) is 9.84 Å². The normalized spacial score (nSPS) is 18.0. The van der Waals surface area contributed by atoms with Crippen molar-refractivity contribution < 1.29 is 17.5 Å². The van der Waals surface area contributed by atoms with E-state index in [4.69, 9.17) is 4.74 Å². The van der Waals surface area contributed by atoms with E-state index < -0.39 is 9.84 Å². The summed E-state index contributed by atoms with van der Waals surface area (Å²) in [5, 5.41) is 6.40. The summed E-state index contributed by atoms with van der Waals surface area (Å²) in [5.74, 6) is 0.948. The van der Waals surface area contributed by atoms with Crippen molar-refractivity contribution in [3.63, 3.8) is 0 Å². The molecule has 1 atom stereocenters. The van der Waals surface area contributed by atoms with Crippen molar-refractivity contribution in [3.8, 4) is 5.75 Å². The van der Waals surface area contributed by atoms with Gasteiger partial charge in [0.05, 0.1) is 18.1 Å². The number of sulfone groups is 1. The molecule has 0 amide bonds. The molecule has 1 aromatic carbocycles. The summed E-state index contributed by atoms with van der Waals surface area (Å²) in [6.07, 6.45) is -0.273. The van der Waals surface area contributed by atoms with E-state index in [1.165, 1.54) is 6.07 Å². The van der Waals surface area contributed by atoms with Gasteiger partial charge in [-0.3, -0.25) is 4.90 Å². The fourth-order valence-corrected chi connectivity index (χ4v) is 3.94. The smallest absolute Gasteiger partial charge is 0.191 e. The number of halogens is 2. The molecule has 0 radical (unpaired) electrons. The van der Waals surface area contributed by atoms with Crippen LogP contribution in [0.3, 0.4) is 0 Å². The maximum atomic E-state index is 13.6. The number of hydrogen-bond acceptors (Lipinski definition) is 5. The second-order valence-corrected chi connectivity index (χ2v) is 8.80. The maximum absolute atomic E-state index is 13.6. The first-order valence-corrected chi connectivity index (χ1v) is 11.1. The van der Waals surface area contributed by atoms with Crippen molar-refractivity contribution in [1.82, 2.24) is 15.5 Å². The van der Waals surface area contributed by atoms with E-state index in [2.05, 4.69) is 20.5 Å². The molecular formula is C18H30FIN4O3S. The standard InChI is InChI=1S/C18H29FN4O3S.HI/c1-3-20-18(21-8-9-23-10-12-27(24,25)13-11-23)22-14-15(2)26-17-7-5-4-6-16(17)19;/h4-7,15H,3,8-14H2,1-2H3,(H2,20,21,22);1H. The predicted octanol–water partition coefficient (Wildman–Crippen LogP) is 1.50.